The molecular formula is C24H23N5O2S. The average molecular weight is 446 g/mol. The third kappa shape index (κ3) is 3.89. The van der Waals surface area contributed by atoms with Crippen LogP contribution in [0.3, 0.4) is 0 Å². The van der Waals surface area contributed by atoms with Gasteiger partial charge in [0.2, 0.25) is 5.95 Å². The van der Waals surface area contributed by atoms with Gasteiger partial charge in [-0.1, -0.05) is 23.3 Å². The van der Waals surface area contributed by atoms with Crippen molar-refractivity contribution in [1.29, 1.82) is 0 Å². The van der Waals surface area contributed by atoms with E-state index < -0.39 is 0 Å². The fourth-order valence-corrected chi connectivity index (χ4v) is 4.84. The maximum Gasteiger partial charge on any atom is 0.256 e. The highest BCUT2D eigenvalue weighted by Crippen LogP contribution is 2.28. The van der Waals surface area contributed by atoms with E-state index in [4.69, 9.17) is 4.98 Å². The third-order valence-electron chi connectivity index (χ3n) is 5.59. The van der Waals surface area contributed by atoms with Gasteiger partial charge in [-0.25, -0.2) is 4.98 Å². The molecule has 0 radical (unpaired) electrons. The van der Waals surface area contributed by atoms with Crippen LogP contribution in [0.1, 0.15) is 45.6 Å². The number of hydrogen-bond acceptors (Lipinski definition) is 5. The molecule has 0 unspecified atom stereocenters. The van der Waals surface area contributed by atoms with Gasteiger partial charge in [0, 0.05) is 17.2 Å². The van der Waals surface area contributed by atoms with Gasteiger partial charge in [0.1, 0.15) is 11.5 Å². The number of rotatable bonds is 4. The van der Waals surface area contributed by atoms with Crippen LogP contribution in [0.5, 0.6) is 0 Å². The first kappa shape index (κ1) is 20.4. The van der Waals surface area contributed by atoms with Crippen LogP contribution in [0, 0.1) is 13.8 Å². The quantitative estimate of drug-likeness (QED) is 0.486. The molecule has 162 valence electrons. The molecule has 7 nitrogen and oxygen atoms in total. The highest BCUT2D eigenvalue weighted by atomic mass is 32.1. The lowest BCUT2D eigenvalue weighted by atomic mass is 9.97. The SMILES string of the molecule is Cc1cc(C)cc(C(=O)Nc2cc(-c3cccs3)nn2-c2nc3c(c(=O)[nH]2)CCCC3)c1. The summed E-state index contributed by atoms with van der Waals surface area (Å²) < 4.78 is 1.52. The van der Waals surface area contributed by atoms with Crippen molar-refractivity contribution in [2.45, 2.75) is 39.5 Å². The van der Waals surface area contributed by atoms with Crippen molar-refractivity contribution in [3.8, 4) is 16.5 Å². The average Bonchev–Trinajstić information content (AvgIpc) is 3.43. The Balaban J connectivity index is 1.59. The zero-order chi connectivity index (χ0) is 22.2. The molecule has 3 aromatic heterocycles. The van der Waals surface area contributed by atoms with Gasteiger partial charge in [-0.3, -0.25) is 14.6 Å². The van der Waals surface area contributed by atoms with Crippen LogP contribution in [0.15, 0.2) is 46.6 Å². The fourth-order valence-electron chi connectivity index (χ4n) is 4.16. The maximum absolute atomic E-state index is 13.1. The Morgan fingerprint density at radius 3 is 2.66 bits per heavy atom. The molecule has 1 aliphatic rings. The molecule has 0 saturated carbocycles. The Labute approximate surface area is 189 Å². The molecule has 4 aromatic rings. The van der Waals surface area contributed by atoms with Gasteiger partial charge in [-0.05, 0) is 63.1 Å². The molecule has 32 heavy (non-hydrogen) atoms. The summed E-state index contributed by atoms with van der Waals surface area (Å²) in [5.74, 6) is 0.529. The van der Waals surface area contributed by atoms with Gasteiger partial charge in [0.05, 0.1) is 10.6 Å². The standard InChI is InChI=1S/C24H23N5O2S/c1-14-10-15(2)12-16(11-14)22(30)26-21-13-19(20-8-5-9-32-20)28-29(21)24-25-18-7-4-3-6-17(18)23(31)27-24/h5,8-13H,3-4,6-7H2,1-2H3,(H,26,30)(H,25,27,31). The number of benzene rings is 1. The number of thiophene rings is 1. The summed E-state index contributed by atoms with van der Waals surface area (Å²) in [5.41, 5.74) is 4.74. The Hall–Kier alpha value is -3.52. The second-order valence-electron chi connectivity index (χ2n) is 8.16. The van der Waals surface area contributed by atoms with Gasteiger partial charge >= 0.3 is 0 Å². The molecule has 3 heterocycles. The molecule has 1 aliphatic carbocycles. The minimum atomic E-state index is -0.240. The summed E-state index contributed by atoms with van der Waals surface area (Å²) >= 11 is 1.56. The van der Waals surface area contributed by atoms with E-state index in [1.165, 1.54) is 4.68 Å². The predicted octanol–water partition coefficient (Wildman–Crippen LogP) is 4.43. The van der Waals surface area contributed by atoms with Crippen LogP contribution in [0.4, 0.5) is 5.82 Å². The first-order chi connectivity index (χ1) is 15.5. The van der Waals surface area contributed by atoms with E-state index in [1.54, 1.807) is 11.3 Å². The summed E-state index contributed by atoms with van der Waals surface area (Å²) in [6.45, 7) is 3.93. The monoisotopic (exact) mass is 445 g/mol. The number of nitrogens with one attached hydrogen (secondary N) is 2. The van der Waals surface area contributed by atoms with Gasteiger partial charge in [0.15, 0.2) is 0 Å². The molecule has 5 rings (SSSR count). The van der Waals surface area contributed by atoms with Crippen LogP contribution in [-0.2, 0) is 12.8 Å². The Bertz CT molecular complexity index is 1350. The van der Waals surface area contributed by atoms with Gasteiger partial charge in [-0.2, -0.15) is 9.78 Å². The summed E-state index contributed by atoms with van der Waals surface area (Å²) in [6.07, 6.45) is 3.53. The zero-order valence-corrected chi connectivity index (χ0v) is 18.8. The molecule has 1 amide bonds. The van der Waals surface area contributed by atoms with Crippen molar-refractivity contribution in [3.63, 3.8) is 0 Å². The highest BCUT2D eigenvalue weighted by molar-refractivity contribution is 7.13. The van der Waals surface area contributed by atoms with Crippen molar-refractivity contribution in [2.75, 3.05) is 5.32 Å². The number of aromatic nitrogens is 4. The molecule has 0 atom stereocenters. The van der Waals surface area contributed by atoms with Crippen LogP contribution >= 0.6 is 11.3 Å². The molecule has 0 aliphatic heterocycles. The van der Waals surface area contributed by atoms with Crippen LogP contribution < -0.4 is 10.9 Å². The summed E-state index contributed by atoms with van der Waals surface area (Å²) in [7, 11) is 0. The zero-order valence-electron chi connectivity index (χ0n) is 17.9. The molecule has 0 saturated heterocycles. The second kappa shape index (κ2) is 8.20. The number of hydrogen-bond donors (Lipinski definition) is 2. The first-order valence-electron chi connectivity index (χ1n) is 10.6. The largest absolute Gasteiger partial charge is 0.306 e. The lowest BCUT2D eigenvalue weighted by Gasteiger charge is -2.15. The summed E-state index contributed by atoms with van der Waals surface area (Å²) in [6, 6.07) is 11.5. The Morgan fingerprint density at radius 1 is 1.12 bits per heavy atom. The minimum absolute atomic E-state index is 0.135. The Kier molecular flexibility index (Phi) is 5.22. The molecule has 0 bridgehead atoms. The number of fused-ring (bicyclic) bond motifs is 1. The van der Waals surface area contributed by atoms with Crippen molar-refractivity contribution in [3.05, 3.63) is 80.1 Å². The van der Waals surface area contributed by atoms with E-state index >= 15 is 0 Å². The topological polar surface area (TPSA) is 92.7 Å². The van der Waals surface area contributed by atoms with Crippen molar-refractivity contribution in [1.82, 2.24) is 19.7 Å². The van der Waals surface area contributed by atoms with Crippen molar-refractivity contribution in [2.24, 2.45) is 0 Å². The Morgan fingerprint density at radius 2 is 1.91 bits per heavy atom. The molecule has 0 spiro atoms. The van der Waals surface area contributed by atoms with E-state index in [2.05, 4.69) is 15.4 Å². The van der Waals surface area contributed by atoms with E-state index in [9.17, 15) is 9.59 Å². The second-order valence-corrected chi connectivity index (χ2v) is 9.10. The number of H-pyrrole nitrogens is 1. The third-order valence-corrected chi connectivity index (χ3v) is 6.48. The first-order valence-corrected chi connectivity index (χ1v) is 11.5. The van der Waals surface area contributed by atoms with E-state index in [1.807, 2.05) is 55.6 Å². The number of aryl methyl sites for hydroxylation is 3. The fraction of sp³-hybridized carbons (Fsp3) is 0.250. The van der Waals surface area contributed by atoms with Crippen LogP contribution in [0.25, 0.3) is 16.5 Å². The lowest BCUT2D eigenvalue weighted by molar-refractivity contribution is 0.102. The van der Waals surface area contributed by atoms with Gasteiger partial charge in [-0.15, -0.1) is 11.3 Å². The number of anilines is 1. The van der Waals surface area contributed by atoms with Crippen molar-refractivity contribution >= 4 is 23.1 Å². The molecule has 1 aromatic carbocycles. The van der Waals surface area contributed by atoms with E-state index in [0.717, 1.165) is 52.9 Å². The number of aromatic amines is 1. The number of nitrogens with zero attached hydrogens (tertiary/aromatic N) is 3. The molecule has 8 heteroatoms. The molecule has 0 fully saturated rings. The van der Waals surface area contributed by atoms with Crippen LogP contribution in [0.2, 0.25) is 0 Å². The predicted molar refractivity (Wildman–Crippen MR) is 126 cm³/mol. The van der Waals surface area contributed by atoms with E-state index in [0.29, 0.717) is 23.0 Å². The number of carbonyl (C=O) groups excluding carboxylic acids is 1. The molecular weight excluding hydrogens is 422 g/mol. The van der Waals surface area contributed by atoms with Crippen LogP contribution in [-0.4, -0.2) is 25.7 Å². The van der Waals surface area contributed by atoms with Crippen molar-refractivity contribution < 1.29 is 4.79 Å². The maximum atomic E-state index is 13.1. The van der Waals surface area contributed by atoms with Gasteiger partial charge < -0.3 is 5.32 Å². The van der Waals surface area contributed by atoms with Gasteiger partial charge in [0.25, 0.3) is 11.5 Å². The summed E-state index contributed by atoms with van der Waals surface area (Å²) in [4.78, 5) is 34.3. The lowest BCUT2D eigenvalue weighted by Crippen LogP contribution is -2.24. The molecule has 2 N–H and O–H groups in total. The smallest absolute Gasteiger partial charge is 0.256 e. The highest BCUT2D eigenvalue weighted by Gasteiger charge is 2.20. The summed E-state index contributed by atoms with van der Waals surface area (Å²) in [5, 5.41) is 9.61. The number of carbonyl (C=O) groups is 1. The minimum Gasteiger partial charge on any atom is -0.306 e. The normalized spacial score (nSPS) is 13.1. The van der Waals surface area contributed by atoms with E-state index in [-0.39, 0.29) is 11.5 Å². The number of amides is 1.